The Balaban J connectivity index is 1.67. The van der Waals surface area contributed by atoms with Crippen molar-refractivity contribution in [2.45, 2.75) is 5.16 Å². The quantitative estimate of drug-likeness (QED) is 0.367. The fraction of sp³-hybridized carbons (Fsp3) is 0.118. The number of benzene rings is 2. The second-order valence-corrected chi connectivity index (χ2v) is 6.95. The lowest BCUT2D eigenvalue weighted by atomic mass is 10.2. The predicted octanol–water partition coefficient (Wildman–Crippen LogP) is 3.91. The molecule has 0 atom stereocenters. The summed E-state index contributed by atoms with van der Waals surface area (Å²) >= 11 is 7.31. The summed E-state index contributed by atoms with van der Waals surface area (Å²) in [5.74, 6) is -0.848. The first-order chi connectivity index (χ1) is 13.4. The van der Waals surface area contributed by atoms with Gasteiger partial charge in [0.25, 0.3) is 0 Å². The van der Waals surface area contributed by atoms with Gasteiger partial charge in [0.1, 0.15) is 0 Å². The molecular weight excluding hydrogens is 409 g/mol. The van der Waals surface area contributed by atoms with Crippen molar-refractivity contribution in [1.29, 1.82) is 0 Å². The van der Waals surface area contributed by atoms with E-state index in [1.165, 1.54) is 6.07 Å². The average molecular weight is 422 g/mol. The van der Waals surface area contributed by atoms with Gasteiger partial charge in [-0.2, -0.15) is 4.39 Å². The van der Waals surface area contributed by atoms with Crippen LogP contribution in [0.15, 0.2) is 47.6 Å². The van der Waals surface area contributed by atoms with E-state index in [0.29, 0.717) is 21.6 Å². The van der Waals surface area contributed by atoms with Crippen LogP contribution in [0.4, 0.5) is 15.8 Å². The van der Waals surface area contributed by atoms with Gasteiger partial charge in [0, 0.05) is 24.4 Å². The van der Waals surface area contributed by atoms with Crippen molar-refractivity contribution in [2.24, 2.45) is 7.05 Å². The monoisotopic (exact) mass is 421 g/mol. The summed E-state index contributed by atoms with van der Waals surface area (Å²) in [6.45, 7) is 0. The number of nitrogens with zero attached hydrogens (tertiary/aromatic N) is 4. The molecule has 8 nitrogen and oxygen atoms in total. The van der Waals surface area contributed by atoms with E-state index >= 15 is 0 Å². The Hall–Kier alpha value is -2.98. The summed E-state index contributed by atoms with van der Waals surface area (Å²) in [6.07, 6.45) is 0. The Morgan fingerprint density at radius 1 is 1.32 bits per heavy atom. The molecule has 0 radical (unpaired) electrons. The minimum atomic E-state index is -0.969. The molecule has 11 heteroatoms. The number of nitro groups is 1. The maximum atomic E-state index is 13.4. The third-order valence-corrected chi connectivity index (χ3v) is 5.06. The Morgan fingerprint density at radius 2 is 2.07 bits per heavy atom. The maximum Gasteiger partial charge on any atom is 0.306 e. The number of nitrogens with one attached hydrogen (secondary N) is 1. The number of aromatic nitrogens is 3. The van der Waals surface area contributed by atoms with Crippen LogP contribution in [0.3, 0.4) is 0 Å². The number of anilines is 1. The smallest absolute Gasteiger partial charge is 0.306 e. The molecule has 144 valence electrons. The van der Waals surface area contributed by atoms with Crippen LogP contribution in [0.5, 0.6) is 0 Å². The van der Waals surface area contributed by atoms with Gasteiger partial charge in [0.15, 0.2) is 11.0 Å². The van der Waals surface area contributed by atoms with E-state index in [1.54, 1.807) is 17.7 Å². The van der Waals surface area contributed by atoms with Gasteiger partial charge in [-0.25, -0.2) is 0 Å². The highest BCUT2D eigenvalue weighted by molar-refractivity contribution is 7.99. The molecule has 0 bridgehead atoms. The number of carbonyl (C=O) groups is 1. The fourth-order valence-corrected chi connectivity index (χ4v) is 3.31. The normalized spacial score (nSPS) is 10.7. The lowest BCUT2D eigenvalue weighted by Crippen LogP contribution is -2.14. The van der Waals surface area contributed by atoms with Crippen molar-refractivity contribution < 1.29 is 14.1 Å². The highest BCUT2D eigenvalue weighted by Gasteiger charge is 2.17. The zero-order valence-electron chi connectivity index (χ0n) is 14.4. The molecule has 0 unspecified atom stereocenters. The van der Waals surface area contributed by atoms with E-state index < -0.39 is 22.3 Å². The highest BCUT2D eigenvalue weighted by atomic mass is 35.5. The molecule has 1 N–H and O–H groups in total. The zero-order chi connectivity index (χ0) is 20.3. The Bertz CT molecular complexity index is 1060. The summed E-state index contributed by atoms with van der Waals surface area (Å²) in [6, 6.07) is 10.3. The van der Waals surface area contributed by atoms with Gasteiger partial charge in [0.05, 0.1) is 15.7 Å². The lowest BCUT2D eigenvalue weighted by Gasteiger charge is -2.06. The summed E-state index contributed by atoms with van der Waals surface area (Å²) in [5, 5.41) is 22.5. The van der Waals surface area contributed by atoms with Crippen LogP contribution in [-0.4, -0.2) is 31.3 Å². The summed E-state index contributed by atoms with van der Waals surface area (Å²) in [7, 11) is 1.75. The number of amides is 1. The highest BCUT2D eigenvalue weighted by Crippen LogP contribution is 2.28. The van der Waals surface area contributed by atoms with Gasteiger partial charge in [-0.05, 0) is 24.3 Å². The summed E-state index contributed by atoms with van der Waals surface area (Å²) < 4.78 is 15.1. The lowest BCUT2D eigenvalue weighted by molar-refractivity contribution is -0.387. The maximum absolute atomic E-state index is 13.4. The molecule has 1 amide bonds. The molecule has 0 aliphatic rings. The minimum absolute atomic E-state index is 0.0142. The van der Waals surface area contributed by atoms with E-state index in [4.69, 9.17) is 11.6 Å². The van der Waals surface area contributed by atoms with Crippen LogP contribution in [0.2, 0.25) is 5.02 Å². The van der Waals surface area contributed by atoms with Crippen LogP contribution in [0, 0.1) is 15.9 Å². The molecule has 0 aliphatic carbocycles. The number of halogens is 2. The van der Waals surface area contributed by atoms with E-state index in [2.05, 4.69) is 15.5 Å². The van der Waals surface area contributed by atoms with Gasteiger partial charge in [-0.1, -0.05) is 35.5 Å². The SMILES string of the molecule is Cn1c(SCC(=O)Nc2ccc(F)c([N+](=O)[O-])c2)nnc1-c1ccccc1Cl. The van der Waals surface area contributed by atoms with Gasteiger partial charge >= 0.3 is 5.69 Å². The predicted molar refractivity (Wildman–Crippen MR) is 104 cm³/mol. The molecule has 0 fully saturated rings. The van der Waals surface area contributed by atoms with Crippen molar-refractivity contribution in [1.82, 2.24) is 14.8 Å². The van der Waals surface area contributed by atoms with Crippen LogP contribution < -0.4 is 5.32 Å². The Morgan fingerprint density at radius 3 is 2.79 bits per heavy atom. The molecule has 0 spiro atoms. The van der Waals surface area contributed by atoms with Gasteiger partial charge in [-0.15, -0.1) is 10.2 Å². The molecule has 0 saturated carbocycles. The first-order valence-electron chi connectivity index (χ1n) is 7.87. The number of hydrogen-bond donors (Lipinski definition) is 1. The zero-order valence-corrected chi connectivity index (χ0v) is 16.0. The number of thioether (sulfide) groups is 1. The molecule has 1 heterocycles. The number of rotatable bonds is 6. The second-order valence-electron chi connectivity index (χ2n) is 5.61. The van der Waals surface area contributed by atoms with Gasteiger partial charge in [-0.3, -0.25) is 14.9 Å². The van der Waals surface area contributed by atoms with Crippen LogP contribution in [0.1, 0.15) is 0 Å². The molecule has 0 saturated heterocycles. The average Bonchev–Trinajstić information content (AvgIpc) is 3.02. The van der Waals surface area contributed by atoms with Crippen molar-refractivity contribution >= 4 is 40.6 Å². The van der Waals surface area contributed by atoms with Gasteiger partial charge in [0.2, 0.25) is 11.7 Å². The number of hydrogen-bond acceptors (Lipinski definition) is 6. The van der Waals surface area contributed by atoms with Crippen molar-refractivity contribution in [3.8, 4) is 11.4 Å². The Labute approximate surface area is 167 Å². The third-order valence-electron chi connectivity index (χ3n) is 3.71. The first-order valence-corrected chi connectivity index (χ1v) is 9.24. The number of carbonyl (C=O) groups excluding carboxylic acids is 1. The van der Waals surface area contributed by atoms with Crippen LogP contribution >= 0.6 is 23.4 Å². The topological polar surface area (TPSA) is 103 Å². The molecule has 28 heavy (non-hydrogen) atoms. The van der Waals surface area contributed by atoms with Gasteiger partial charge < -0.3 is 9.88 Å². The van der Waals surface area contributed by atoms with E-state index in [-0.39, 0.29) is 11.4 Å². The summed E-state index contributed by atoms with van der Waals surface area (Å²) in [4.78, 5) is 22.0. The molecule has 3 rings (SSSR count). The largest absolute Gasteiger partial charge is 0.325 e. The number of nitro benzene ring substituents is 1. The van der Waals surface area contributed by atoms with Crippen LogP contribution in [0.25, 0.3) is 11.4 Å². The van der Waals surface area contributed by atoms with Crippen molar-refractivity contribution in [2.75, 3.05) is 11.1 Å². The molecule has 2 aromatic carbocycles. The molecule has 3 aromatic rings. The van der Waals surface area contributed by atoms with E-state index in [9.17, 15) is 19.3 Å². The van der Waals surface area contributed by atoms with Crippen LogP contribution in [-0.2, 0) is 11.8 Å². The second kappa shape index (κ2) is 8.36. The first kappa shape index (κ1) is 19.8. The Kier molecular flexibility index (Phi) is 5.90. The van der Waals surface area contributed by atoms with Crippen molar-refractivity contribution in [3.05, 3.63) is 63.4 Å². The molecule has 1 aromatic heterocycles. The van der Waals surface area contributed by atoms with E-state index in [1.807, 2.05) is 18.2 Å². The molecular formula is C17H13ClFN5O3S. The molecule has 0 aliphatic heterocycles. The van der Waals surface area contributed by atoms with Crippen molar-refractivity contribution in [3.63, 3.8) is 0 Å². The third kappa shape index (κ3) is 4.29. The van der Waals surface area contributed by atoms with E-state index in [0.717, 1.165) is 23.9 Å². The summed E-state index contributed by atoms with van der Waals surface area (Å²) in [5.41, 5.74) is 0.144. The standard InChI is InChI=1S/C17H13ClFN5O3S/c1-23-16(11-4-2-3-5-12(11)18)21-22-17(23)28-9-15(25)20-10-6-7-13(19)14(8-10)24(26)27/h2-8H,9H2,1H3,(H,20,25). The fourth-order valence-electron chi connectivity index (χ4n) is 2.38. The minimum Gasteiger partial charge on any atom is -0.325 e.